The van der Waals surface area contributed by atoms with Crippen molar-refractivity contribution >= 4 is 11.8 Å². The molecule has 5 heteroatoms. The van der Waals surface area contributed by atoms with E-state index >= 15 is 0 Å². The minimum atomic E-state index is -0.556. The summed E-state index contributed by atoms with van der Waals surface area (Å²) < 4.78 is 13.9. The molecule has 4 rings (SSSR count). The summed E-state index contributed by atoms with van der Waals surface area (Å²) in [5.41, 5.74) is 2.27. The SMILES string of the molecule is CN(C)C(=O)C1(Cc2ccccc2-c2cccc(F)c2)CCN(C(=O)C2CCCC2)CC1. The van der Waals surface area contributed by atoms with Crippen LogP contribution in [0.5, 0.6) is 0 Å². The van der Waals surface area contributed by atoms with Gasteiger partial charge in [0.25, 0.3) is 0 Å². The van der Waals surface area contributed by atoms with Crippen LogP contribution in [-0.4, -0.2) is 48.8 Å². The molecule has 1 saturated carbocycles. The van der Waals surface area contributed by atoms with Gasteiger partial charge in [-0.1, -0.05) is 49.2 Å². The topological polar surface area (TPSA) is 40.6 Å². The summed E-state index contributed by atoms with van der Waals surface area (Å²) in [7, 11) is 3.61. The fourth-order valence-electron chi connectivity index (χ4n) is 5.50. The third kappa shape index (κ3) is 4.57. The molecule has 0 bridgehead atoms. The molecule has 0 N–H and O–H groups in total. The first kappa shape index (κ1) is 22.5. The van der Waals surface area contributed by atoms with E-state index in [1.54, 1.807) is 31.1 Å². The van der Waals surface area contributed by atoms with Crippen LogP contribution in [0, 0.1) is 17.2 Å². The normalized spacial score (nSPS) is 18.5. The van der Waals surface area contributed by atoms with Crippen LogP contribution in [0.2, 0.25) is 0 Å². The number of hydrogen-bond donors (Lipinski definition) is 0. The van der Waals surface area contributed by atoms with Crippen LogP contribution < -0.4 is 0 Å². The number of nitrogens with zero attached hydrogens (tertiary/aromatic N) is 2. The largest absolute Gasteiger partial charge is 0.348 e. The molecule has 1 saturated heterocycles. The third-order valence-electron chi connectivity index (χ3n) is 7.28. The van der Waals surface area contributed by atoms with Gasteiger partial charge in [0.15, 0.2) is 0 Å². The van der Waals surface area contributed by atoms with Crippen LogP contribution in [0.4, 0.5) is 4.39 Å². The van der Waals surface area contributed by atoms with Crippen molar-refractivity contribution in [2.24, 2.45) is 11.3 Å². The summed E-state index contributed by atoms with van der Waals surface area (Å²) in [5, 5.41) is 0. The van der Waals surface area contributed by atoms with Crippen LogP contribution >= 0.6 is 0 Å². The van der Waals surface area contributed by atoms with Gasteiger partial charge < -0.3 is 9.80 Å². The molecule has 0 radical (unpaired) electrons. The Hall–Kier alpha value is -2.69. The summed E-state index contributed by atoms with van der Waals surface area (Å²) >= 11 is 0. The Balaban J connectivity index is 1.59. The molecule has 1 aliphatic heterocycles. The number of hydrogen-bond acceptors (Lipinski definition) is 2. The maximum Gasteiger partial charge on any atom is 0.228 e. The zero-order valence-electron chi connectivity index (χ0n) is 19.1. The first-order valence-electron chi connectivity index (χ1n) is 11.7. The third-order valence-corrected chi connectivity index (χ3v) is 7.28. The molecule has 32 heavy (non-hydrogen) atoms. The number of likely N-dealkylation sites (tertiary alicyclic amines) is 1. The Morgan fingerprint density at radius 3 is 2.38 bits per heavy atom. The monoisotopic (exact) mass is 436 g/mol. The van der Waals surface area contributed by atoms with Gasteiger partial charge in [0.05, 0.1) is 5.41 Å². The Kier molecular flexibility index (Phi) is 6.63. The highest BCUT2D eigenvalue weighted by Crippen LogP contribution is 2.40. The first-order chi connectivity index (χ1) is 15.4. The zero-order valence-corrected chi connectivity index (χ0v) is 19.1. The highest BCUT2D eigenvalue weighted by molar-refractivity contribution is 5.84. The van der Waals surface area contributed by atoms with Crippen molar-refractivity contribution in [2.45, 2.75) is 44.9 Å². The lowest BCUT2D eigenvalue weighted by atomic mass is 9.71. The van der Waals surface area contributed by atoms with Crippen molar-refractivity contribution in [3.8, 4) is 11.1 Å². The van der Waals surface area contributed by atoms with Crippen molar-refractivity contribution in [3.05, 3.63) is 59.9 Å². The van der Waals surface area contributed by atoms with Crippen LogP contribution in [0.3, 0.4) is 0 Å². The van der Waals surface area contributed by atoms with Crippen molar-refractivity contribution in [3.63, 3.8) is 0 Å². The van der Waals surface area contributed by atoms with Gasteiger partial charge in [-0.3, -0.25) is 9.59 Å². The Morgan fingerprint density at radius 2 is 1.72 bits per heavy atom. The van der Waals surface area contributed by atoms with Gasteiger partial charge >= 0.3 is 0 Å². The van der Waals surface area contributed by atoms with E-state index in [0.29, 0.717) is 32.4 Å². The number of carbonyl (C=O) groups excluding carboxylic acids is 2. The van der Waals surface area contributed by atoms with Crippen molar-refractivity contribution < 1.29 is 14.0 Å². The van der Waals surface area contributed by atoms with Crippen LogP contribution in [0.1, 0.15) is 44.1 Å². The summed E-state index contributed by atoms with van der Waals surface area (Å²) in [6, 6.07) is 14.6. The van der Waals surface area contributed by atoms with Gasteiger partial charge in [0.2, 0.25) is 11.8 Å². The lowest BCUT2D eigenvalue weighted by Gasteiger charge is -2.43. The van der Waals surface area contributed by atoms with Gasteiger partial charge in [0, 0.05) is 33.1 Å². The maximum atomic E-state index is 13.9. The summed E-state index contributed by atoms with van der Waals surface area (Å²) in [6.45, 7) is 1.24. The minimum absolute atomic E-state index is 0.111. The molecule has 170 valence electrons. The van der Waals surface area contributed by atoms with Gasteiger partial charge in [0.1, 0.15) is 5.82 Å². The summed E-state index contributed by atoms with van der Waals surface area (Å²) in [5.74, 6) is 0.281. The smallest absolute Gasteiger partial charge is 0.228 e. The Morgan fingerprint density at radius 1 is 1.03 bits per heavy atom. The lowest BCUT2D eigenvalue weighted by molar-refractivity contribution is -0.147. The number of carbonyl (C=O) groups is 2. The van der Waals surface area contributed by atoms with Crippen LogP contribution in [-0.2, 0) is 16.0 Å². The number of halogens is 1. The van der Waals surface area contributed by atoms with Crippen molar-refractivity contribution in [1.29, 1.82) is 0 Å². The van der Waals surface area contributed by atoms with E-state index in [4.69, 9.17) is 0 Å². The van der Waals surface area contributed by atoms with E-state index in [1.165, 1.54) is 6.07 Å². The highest BCUT2D eigenvalue weighted by Gasteiger charge is 2.44. The summed E-state index contributed by atoms with van der Waals surface area (Å²) in [4.78, 5) is 30.0. The molecule has 0 unspecified atom stereocenters. The molecular formula is C27H33FN2O2. The molecule has 1 aliphatic carbocycles. The number of piperidine rings is 1. The van der Waals surface area contributed by atoms with Crippen LogP contribution in [0.15, 0.2) is 48.5 Å². The fourth-order valence-corrected chi connectivity index (χ4v) is 5.50. The van der Waals surface area contributed by atoms with Gasteiger partial charge in [-0.2, -0.15) is 0 Å². The highest BCUT2D eigenvalue weighted by atomic mass is 19.1. The van der Waals surface area contributed by atoms with E-state index in [9.17, 15) is 14.0 Å². The predicted octanol–water partition coefficient (Wildman–Crippen LogP) is 4.92. The molecule has 2 aromatic rings. The first-order valence-corrected chi connectivity index (χ1v) is 11.7. The average Bonchev–Trinajstić information content (AvgIpc) is 3.34. The molecule has 2 aliphatic rings. The van der Waals surface area contributed by atoms with Crippen molar-refractivity contribution in [1.82, 2.24) is 9.80 Å². The number of rotatable bonds is 5. The minimum Gasteiger partial charge on any atom is -0.348 e. The second-order valence-corrected chi connectivity index (χ2v) is 9.63. The van der Waals surface area contributed by atoms with Gasteiger partial charge in [-0.25, -0.2) is 4.39 Å². The van der Waals surface area contributed by atoms with Crippen molar-refractivity contribution in [2.75, 3.05) is 27.2 Å². The molecule has 4 nitrogen and oxygen atoms in total. The zero-order chi connectivity index (χ0) is 22.7. The second kappa shape index (κ2) is 9.43. The second-order valence-electron chi connectivity index (χ2n) is 9.63. The Bertz CT molecular complexity index is 973. The fraction of sp³-hybridized carbons (Fsp3) is 0.481. The van der Waals surface area contributed by atoms with E-state index in [2.05, 4.69) is 0 Å². The van der Waals surface area contributed by atoms with Gasteiger partial charge in [-0.15, -0.1) is 0 Å². The van der Waals surface area contributed by atoms with E-state index in [0.717, 1.165) is 42.4 Å². The molecule has 0 atom stereocenters. The predicted molar refractivity (Wildman–Crippen MR) is 124 cm³/mol. The standard InChI is InChI=1S/C27H33FN2O2/c1-29(2)26(32)27(14-16-30(17-15-27)25(31)20-8-3-4-9-20)19-22-10-5-6-13-24(22)21-11-7-12-23(28)18-21/h5-7,10-13,18,20H,3-4,8-9,14-17,19H2,1-2H3. The van der Waals surface area contributed by atoms with E-state index in [-0.39, 0.29) is 23.5 Å². The van der Waals surface area contributed by atoms with Crippen LogP contribution in [0.25, 0.3) is 11.1 Å². The average molecular weight is 437 g/mol. The molecule has 0 spiro atoms. The number of amides is 2. The molecule has 0 aromatic heterocycles. The lowest BCUT2D eigenvalue weighted by Crippen LogP contribution is -2.51. The molecular weight excluding hydrogens is 403 g/mol. The van der Waals surface area contributed by atoms with Gasteiger partial charge in [-0.05, 0) is 60.9 Å². The van der Waals surface area contributed by atoms with E-state index in [1.807, 2.05) is 35.2 Å². The molecule has 1 heterocycles. The maximum absolute atomic E-state index is 13.9. The molecule has 2 amide bonds. The van der Waals surface area contributed by atoms with E-state index < -0.39 is 5.41 Å². The summed E-state index contributed by atoms with van der Waals surface area (Å²) in [6.07, 6.45) is 6.17. The molecule has 2 fully saturated rings. The quantitative estimate of drug-likeness (QED) is 0.667. The molecule has 2 aromatic carbocycles. The number of benzene rings is 2. The Labute approximate surface area is 190 Å².